The summed E-state index contributed by atoms with van der Waals surface area (Å²) in [5, 5.41) is 6.06. The van der Waals surface area contributed by atoms with Crippen LogP contribution < -0.4 is 4.72 Å². The lowest BCUT2D eigenvalue weighted by molar-refractivity contribution is 0.572. The highest BCUT2D eigenvalue weighted by molar-refractivity contribution is 7.89. The largest absolute Gasteiger partial charge is 0.266 e. The first kappa shape index (κ1) is 12.5. The van der Waals surface area contributed by atoms with Crippen molar-refractivity contribution in [1.29, 1.82) is 0 Å². The fourth-order valence-electron chi connectivity index (χ4n) is 1.02. The molecule has 7 heteroatoms. The van der Waals surface area contributed by atoms with Crippen LogP contribution in [0.4, 0.5) is 0 Å². The predicted molar refractivity (Wildman–Crippen MR) is 58.3 cm³/mol. The van der Waals surface area contributed by atoms with Gasteiger partial charge in [-0.1, -0.05) is 6.92 Å². The van der Waals surface area contributed by atoms with Crippen molar-refractivity contribution >= 4 is 21.6 Å². The third-order valence-electron chi connectivity index (χ3n) is 1.96. The molecule has 1 aromatic heterocycles. The predicted octanol–water partition coefficient (Wildman–Crippen LogP) is 1.10. The minimum atomic E-state index is -3.45. The smallest absolute Gasteiger partial charge is 0.257 e. The SMILES string of the molecule is CCC(Cl)CCNS(=O)(=O)c1ccn[nH]1. The van der Waals surface area contributed by atoms with E-state index in [-0.39, 0.29) is 10.4 Å². The molecule has 0 aromatic carbocycles. The number of nitrogens with one attached hydrogen (secondary N) is 2. The first-order valence-electron chi connectivity index (χ1n) is 4.69. The molecule has 0 aliphatic rings. The molecular weight excluding hydrogens is 238 g/mol. The summed E-state index contributed by atoms with van der Waals surface area (Å²) in [6, 6.07) is 1.40. The minimum Gasteiger partial charge on any atom is -0.266 e. The number of sulfonamides is 1. The molecule has 0 spiro atoms. The van der Waals surface area contributed by atoms with Gasteiger partial charge in [0.1, 0.15) is 0 Å². The Balaban J connectivity index is 2.45. The van der Waals surface area contributed by atoms with Crippen molar-refractivity contribution < 1.29 is 8.42 Å². The van der Waals surface area contributed by atoms with Gasteiger partial charge < -0.3 is 0 Å². The Morgan fingerprint density at radius 3 is 2.93 bits per heavy atom. The number of hydrogen-bond donors (Lipinski definition) is 2. The van der Waals surface area contributed by atoms with Gasteiger partial charge in [-0.25, -0.2) is 13.1 Å². The number of hydrogen-bond acceptors (Lipinski definition) is 3. The van der Waals surface area contributed by atoms with Crippen molar-refractivity contribution in [2.24, 2.45) is 0 Å². The summed E-state index contributed by atoms with van der Waals surface area (Å²) in [6.45, 7) is 2.30. The highest BCUT2D eigenvalue weighted by Gasteiger charge is 2.14. The standard InChI is InChI=1S/C8H14ClN3O2S/c1-2-7(9)3-6-11-15(13,14)8-4-5-10-12-8/h4-5,7,11H,2-3,6H2,1H3,(H,10,12). The fraction of sp³-hybridized carbons (Fsp3) is 0.625. The number of alkyl halides is 1. The van der Waals surface area contributed by atoms with E-state index in [2.05, 4.69) is 14.9 Å². The summed E-state index contributed by atoms with van der Waals surface area (Å²) in [7, 11) is -3.45. The van der Waals surface area contributed by atoms with Crippen LogP contribution in [0, 0.1) is 0 Å². The number of aromatic amines is 1. The van der Waals surface area contributed by atoms with Crippen molar-refractivity contribution in [1.82, 2.24) is 14.9 Å². The second kappa shape index (κ2) is 5.48. The normalized spacial score (nSPS) is 14.0. The maximum absolute atomic E-state index is 11.5. The maximum atomic E-state index is 11.5. The van der Waals surface area contributed by atoms with Crippen LogP contribution in [-0.4, -0.2) is 30.5 Å². The van der Waals surface area contributed by atoms with Gasteiger partial charge in [0.2, 0.25) is 0 Å². The van der Waals surface area contributed by atoms with Crippen LogP contribution in [0.15, 0.2) is 17.3 Å². The summed E-state index contributed by atoms with van der Waals surface area (Å²) in [5.74, 6) is 0. The number of H-pyrrole nitrogens is 1. The summed E-state index contributed by atoms with van der Waals surface area (Å²) in [4.78, 5) is 0. The Kier molecular flexibility index (Phi) is 4.56. The molecule has 2 N–H and O–H groups in total. The zero-order valence-corrected chi connectivity index (χ0v) is 9.98. The molecule has 0 saturated carbocycles. The maximum Gasteiger partial charge on any atom is 0.257 e. The van der Waals surface area contributed by atoms with Gasteiger partial charge in [-0.15, -0.1) is 11.6 Å². The summed E-state index contributed by atoms with van der Waals surface area (Å²) in [6.07, 6.45) is 2.84. The molecule has 15 heavy (non-hydrogen) atoms. The van der Waals surface area contributed by atoms with Crippen LogP contribution in [0.2, 0.25) is 0 Å². The summed E-state index contributed by atoms with van der Waals surface area (Å²) >= 11 is 5.86. The lowest BCUT2D eigenvalue weighted by atomic mass is 10.2. The quantitative estimate of drug-likeness (QED) is 0.744. The molecule has 1 atom stereocenters. The van der Waals surface area contributed by atoms with Crippen LogP contribution in [0.25, 0.3) is 0 Å². The van der Waals surface area contributed by atoms with E-state index in [1.165, 1.54) is 12.3 Å². The Hall–Kier alpha value is -0.590. The van der Waals surface area contributed by atoms with Gasteiger partial charge in [0, 0.05) is 11.9 Å². The van der Waals surface area contributed by atoms with E-state index >= 15 is 0 Å². The van der Waals surface area contributed by atoms with Gasteiger partial charge in [-0.2, -0.15) is 5.10 Å². The zero-order valence-electron chi connectivity index (χ0n) is 8.40. The summed E-state index contributed by atoms with van der Waals surface area (Å²) < 4.78 is 25.5. The lowest BCUT2D eigenvalue weighted by Gasteiger charge is -2.07. The van der Waals surface area contributed by atoms with E-state index in [9.17, 15) is 8.42 Å². The van der Waals surface area contributed by atoms with E-state index < -0.39 is 10.0 Å². The second-order valence-corrected chi connectivity index (χ2v) is 5.47. The Morgan fingerprint density at radius 2 is 2.40 bits per heavy atom. The van der Waals surface area contributed by atoms with Crippen molar-refractivity contribution in [3.63, 3.8) is 0 Å². The van der Waals surface area contributed by atoms with E-state index in [1.807, 2.05) is 6.92 Å². The van der Waals surface area contributed by atoms with Crippen molar-refractivity contribution in [2.75, 3.05) is 6.54 Å². The van der Waals surface area contributed by atoms with Gasteiger partial charge in [-0.3, -0.25) is 5.10 Å². The number of halogens is 1. The van der Waals surface area contributed by atoms with Crippen LogP contribution in [0.1, 0.15) is 19.8 Å². The van der Waals surface area contributed by atoms with Crippen molar-refractivity contribution in [3.05, 3.63) is 12.3 Å². The van der Waals surface area contributed by atoms with Gasteiger partial charge in [0.25, 0.3) is 10.0 Å². The Bertz CT molecular complexity index is 377. The molecule has 0 bridgehead atoms. The van der Waals surface area contributed by atoms with Crippen LogP contribution in [0.3, 0.4) is 0 Å². The van der Waals surface area contributed by atoms with Gasteiger partial charge >= 0.3 is 0 Å². The molecule has 0 amide bonds. The molecule has 86 valence electrons. The van der Waals surface area contributed by atoms with E-state index in [0.29, 0.717) is 13.0 Å². The van der Waals surface area contributed by atoms with E-state index in [1.54, 1.807) is 0 Å². The second-order valence-electron chi connectivity index (χ2n) is 3.11. The van der Waals surface area contributed by atoms with Crippen LogP contribution in [0.5, 0.6) is 0 Å². The highest BCUT2D eigenvalue weighted by Crippen LogP contribution is 2.07. The average Bonchev–Trinajstić information content (AvgIpc) is 2.70. The van der Waals surface area contributed by atoms with Crippen molar-refractivity contribution in [3.8, 4) is 0 Å². The van der Waals surface area contributed by atoms with Crippen LogP contribution in [-0.2, 0) is 10.0 Å². The third-order valence-corrected chi connectivity index (χ3v) is 3.87. The van der Waals surface area contributed by atoms with Gasteiger partial charge in [0.15, 0.2) is 5.03 Å². The molecule has 5 nitrogen and oxygen atoms in total. The zero-order chi connectivity index (χ0) is 11.3. The topological polar surface area (TPSA) is 74.8 Å². The molecule has 1 heterocycles. The molecule has 1 unspecified atom stereocenters. The lowest BCUT2D eigenvalue weighted by Crippen LogP contribution is -2.26. The first-order valence-corrected chi connectivity index (χ1v) is 6.61. The van der Waals surface area contributed by atoms with Crippen LogP contribution >= 0.6 is 11.6 Å². The molecule has 0 fully saturated rings. The Morgan fingerprint density at radius 1 is 1.67 bits per heavy atom. The molecule has 0 aliphatic carbocycles. The first-order chi connectivity index (χ1) is 7.06. The number of aromatic nitrogens is 2. The van der Waals surface area contributed by atoms with Gasteiger partial charge in [0.05, 0.1) is 6.20 Å². The molecule has 0 aliphatic heterocycles. The fourth-order valence-corrected chi connectivity index (χ4v) is 2.09. The Labute approximate surface area is 94.3 Å². The van der Waals surface area contributed by atoms with E-state index in [0.717, 1.165) is 6.42 Å². The molecule has 0 saturated heterocycles. The molecular formula is C8H14ClN3O2S. The number of nitrogens with zero attached hydrogens (tertiary/aromatic N) is 1. The third kappa shape index (κ3) is 3.81. The van der Waals surface area contributed by atoms with E-state index in [4.69, 9.17) is 11.6 Å². The van der Waals surface area contributed by atoms with Gasteiger partial charge in [-0.05, 0) is 18.9 Å². The number of rotatable bonds is 6. The molecule has 1 rings (SSSR count). The van der Waals surface area contributed by atoms with Crippen molar-refractivity contribution in [2.45, 2.75) is 30.2 Å². The summed E-state index contributed by atoms with van der Waals surface area (Å²) in [5.41, 5.74) is 0. The minimum absolute atomic E-state index is 0.00877. The molecule has 1 aromatic rings. The molecule has 0 radical (unpaired) electrons. The highest BCUT2D eigenvalue weighted by atomic mass is 35.5. The monoisotopic (exact) mass is 251 g/mol. The average molecular weight is 252 g/mol.